The van der Waals surface area contributed by atoms with Gasteiger partial charge in [0.15, 0.2) is 5.82 Å². The van der Waals surface area contributed by atoms with E-state index in [0.717, 1.165) is 4.57 Å². The van der Waals surface area contributed by atoms with Crippen molar-refractivity contribution in [3.8, 4) is 0 Å². The Kier molecular flexibility index (Phi) is 9.32. The van der Waals surface area contributed by atoms with E-state index in [9.17, 15) is 24.0 Å². The number of ether oxygens (including phenoxy) is 3. The number of carbonyl (C=O) groups excluding carboxylic acids is 5. The van der Waals surface area contributed by atoms with Gasteiger partial charge in [-0.1, -0.05) is 18.2 Å². The Bertz CT molecular complexity index is 1560. The second-order valence-electron chi connectivity index (χ2n) is 12.9. The first-order valence-electron chi connectivity index (χ1n) is 13.8. The van der Waals surface area contributed by atoms with Gasteiger partial charge in [-0.05, 0) is 92.6 Å². The lowest BCUT2D eigenvalue weighted by molar-refractivity contribution is 0.0426. The van der Waals surface area contributed by atoms with Gasteiger partial charge in [0.2, 0.25) is 0 Å². The van der Waals surface area contributed by atoms with E-state index >= 15 is 0 Å². The fourth-order valence-electron chi connectivity index (χ4n) is 3.98. The van der Waals surface area contributed by atoms with Gasteiger partial charge in [0.1, 0.15) is 16.8 Å². The number of anilines is 3. The van der Waals surface area contributed by atoms with Crippen LogP contribution in [0.25, 0.3) is 10.9 Å². The number of nitrogens with one attached hydrogen (secondary N) is 2. The minimum absolute atomic E-state index is 0.00215. The summed E-state index contributed by atoms with van der Waals surface area (Å²) in [5.41, 5.74) is 2.97. The van der Waals surface area contributed by atoms with E-state index < -0.39 is 52.8 Å². The number of aromatic nitrogens is 1. The van der Waals surface area contributed by atoms with Gasteiger partial charge in [-0.15, -0.1) is 0 Å². The predicted molar refractivity (Wildman–Crippen MR) is 166 cm³/mol. The van der Waals surface area contributed by atoms with E-state index in [0.29, 0.717) is 10.6 Å². The van der Waals surface area contributed by atoms with Gasteiger partial charge in [-0.2, -0.15) is 4.90 Å². The molecule has 3 aromatic rings. The zero-order valence-electron chi connectivity index (χ0n) is 26.4. The first kappa shape index (κ1) is 33.4. The van der Waals surface area contributed by atoms with Gasteiger partial charge in [0, 0.05) is 16.8 Å². The number of para-hydroxylation sites is 1. The second kappa shape index (κ2) is 12.3. The summed E-state index contributed by atoms with van der Waals surface area (Å²) in [6.45, 7) is 14.3. The van der Waals surface area contributed by atoms with Crippen molar-refractivity contribution in [3.63, 3.8) is 0 Å². The number of hydrogen-bond donors (Lipinski definition) is 3. The molecule has 0 aliphatic carbocycles. The molecule has 0 aliphatic heterocycles. The number of amides is 5. The Labute approximate surface area is 255 Å². The lowest BCUT2D eigenvalue weighted by Crippen LogP contribution is -2.46. The lowest BCUT2D eigenvalue weighted by Gasteiger charge is -2.29. The average Bonchev–Trinajstić information content (AvgIpc) is 3.15. The molecular weight excluding hydrogens is 570 g/mol. The molecule has 13 nitrogen and oxygen atoms in total. The van der Waals surface area contributed by atoms with Gasteiger partial charge in [-0.3, -0.25) is 4.79 Å². The molecule has 5 amide bonds. The van der Waals surface area contributed by atoms with Crippen molar-refractivity contribution in [2.75, 3.05) is 15.5 Å². The molecule has 0 saturated carbocycles. The predicted octanol–water partition coefficient (Wildman–Crippen LogP) is 6.84. The molecule has 0 aliphatic rings. The van der Waals surface area contributed by atoms with E-state index in [1.807, 2.05) is 0 Å². The highest BCUT2D eigenvalue weighted by molar-refractivity contribution is 6.21. The molecule has 2 aromatic carbocycles. The molecular formula is C31H39N5O8. The number of hydrogen-bond acceptors (Lipinski definition) is 8. The molecule has 1 aromatic heterocycles. The molecule has 0 atom stereocenters. The number of imide groups is 1. The van der Waals surface area contributed by atoms with Crippen LogP contribution in [0.5, 0.6) is 0 Å². The maximum Gasteiger partial charge on any atom is 0.425 e. The van der Waals surface area contributed by atoms with Crippen LogP contribution in [0.1, 0.15) is 72.7 Å². The summed E-state index contributed by atoms with van der Waals surface area (Å²) in [6.07, 6.45) is -3.52. The van der Waals surface area contributed by atoms with Gasteiger partial charge in [0.25, 0.3) is 5.91 Å². The third kappa shape index (κ3) is 8.49. The van der Waals surface area contributed by atoms with Crippen LogP contribution in [0.2, 0.25) is 0 Å². The molecule has 3 rings (SSSR count). The van der Waals surface area contributed by atoms with E-state index in [1.54, 1.807) is 92.6 Å². The number of carbonyl (C=O) groups is 5. The Morgan fingerprint density at radius 3 is 1.68 bits per heavy atom. The molecule has 0 bridgehead atoms. The number of rotatable bonds is 4. The number of urea groups is 1. The molecule has 0 unspecified atom stereocenters. The summed E-state index contributed by atoms with van der Waals surface area (Å²) in [5.74, 6) is -1.61. The van der Waals surface area contributed by atoms with Crippen LogP contribution >= 0.6 is 0 Å². The second-order valence-corrected chi connectivity index (χ2v) is 12.9. The van der Waals surface area contributed by atoms with Gasteiger partial charge >= 0.3 is 24.3 Å². The van der Waals surface area contributed by atoms with Crippen LogP contribution in [-0.4, -0.2) is 51.6 Å². The minimum Gasteiger partial charge on any atom is -0.443 e. The van der Waals surface area contributed by atoms with Crippen molar-refractivity contribution < 1.29 is 38.2 Å². The largest absolute Gasteiger partial charge is 0.443 e. The van der Waals surface area contributed by atoms with Crippen LogP contribution in [0.3, 0.4) is 0 Å². The summed E-state index contributed by atoms with van der Waals surface area (Å²) in [4.78, 5) is 67.2. The Morgan fingerprint density at radius 1 is 0.705 bits per heavy atom. The summed E-state index contributed by atoms with van der Waals surface area (Å²) >= 11 is 0. The standard InChI is InChI=1S/C31H39N5O8/c1-29(2,3)42-26(39)35-21-17-19(34-25(38)33-18-13-11-10-12-14-18)15-16-20(21)22(23(32)37)24(35)36(27(40)43-30(4,5)6)28(41)44-31(7,8)9/h10-17H,1-9H3,(H2,32,37)(H2,33,34,38). The molecule has 13 heteroatoms. The monoisotopic (exact) mass is 609 g/mol. The SMILES string of the molecule is CC(C)(C)OC(=O)N(C(=O)OC(C)(C)C)c1c(C(N)=O)c2ccc(NC(=O)Nc3ccccc3)cc2n1C(=O)OC(C)(C)C. The van der Waals surface area contributed by atoms with Crippen molar-refractivity contribution in [2.24, 2.45) is 5.73 Å². The van der Waals surface area contributed by atoms with Crippen molar-refractivity contribution >= 4 is 58.3 Å². The molecule has 44 heavy (non-hydrogen) atoms. The molecule has 0 radical (unpaired) electrons. The van der Waals surface area contributed by atoms with E-state index in [2.05, 4.69) is 10.6 Å². The topological polar surface area (TPSA) is 171 Å². The van der Waals surface area contributed by atoms with Crippen molar-refractivity contribution in [3.05, 3.63) is 54.1 Å². The van der Waals surface area contributed by atoms with Crippen molar-refractivity contribution in [2.45, 2.75) is 79.1 Å². The normalized spacial score (nSPS) is 11.8. The number of primary amides is 1. The van der Waals surface area contributed by atoms with E-state index in [4.69, 9.17) is 19.9 Å². The summed E-state index contributed by atoms with van der Waals surface area (Å²) in [5, 5.41) is 5.43. The lowest BCUT2D eigenvalue weighted by atomic mass is 10.1. The number of nitrogens with two attached hydrogens (primary N) is 1. The summed E-state index contributed by atoms with van der Waals surface area (Å²) < 4.78 is 17.5. The van der Waals surface area contributed by atoms with Gasteiger partial charge in [0.05, 0.1) is 11.1 Å². The summed E-state index contributed by atoms with van der Waals surface area (Å²) in [6, 6.07) is 12.4. The quantitative estimate of drug-likeness (QED) is 0.270. The number of nitrogens with zero attached hydrogens (tertiary/aromatic N) is 2. The first-order valence-corrected chi connectivity index (χ1v) is 13.8. The highest BCUT2D eigenvalue weighted by atomic mass is 16.6. The first-order chi connectivity index (χ1) is 20.2. The molecule has 0 spiro atoms. The van der Waals surface area contributed by atoms with Crippen LogP contribution in [0, 0.1) is 0 Å². The third-order valence-corrected chi connectivity index (χ3v) is 5.42. The maximum atomic E-state index is 13.8. The van der Waals surface area contributed by atoms with E-state index in [-0.39, 0.29) is 22.2 Å². The van der Waals surface area contributed by atoms with Gasteiger partial charge in [-0.25, -0.2) is 23.7 Å². The molecule has 0 fully saturated rings. The van der Waals surface area contributed by atoms with Crippen LogP contribution in [0.15, 0.2) is 48.5 Å². The maximum absolute atomic E-state index is 13.8. The average molecular weight is 610 g/mol. The highest BCUT2D eigenvalue weighted by Gasteiger charge is 2.40. The van der Waals surface area contributed by atoms with Crippen LogP contribution in [0.4, 0.5) is 36.4 Å². The zero-order chi connectivity index (χ0) is 33.2. The minimum atomic E-state index is -1.23. The van der Waals surface area contributed by atoms with Crippen LogP contribution in [-0.2, 0) is 14.2 Å². The van der Waals surface area contributed by atoms with E-state index in [1.165, 1.54) is 18.2 Å². The number of benzene rings is 2. The highest BCUT2D eigenvalue weighted by Crippen LogP contribution is 2.37. The smallest absolute Gasteiger partial charge is 0.425 e. The Morgan fingerprint density at radius 2 is 1.20 bits per heavy atom. The molecule has 236 valence electrons. The van der Waals surface area contributed by atoms with Crippen molar-refractivity contribution in [1.82, 2.24) is 4.57 Å². The van der Waals surface area contributed by atoms with Crippen molar-refractivity contribution in [1.29, 1.82) is 0 Å². The summed E-state index contributed by atoms with van der Waals surface area (Å²) in [7, 11) is 0. The van der Waals surface area contributed by atoms with Crippen LogP contribution < -0.4 is 21.3 Å². The Hall–Kier alpha value is -5.07. The zero-order valence-corrected chi connectivity index (χ0v) is 26.4. The Balaban J connectivity index is 2.31. The molecule has 0 saturated heterocycles. The fraction of sp³-hybridized carbons (Fsp3) is 0.387. The third-order valence-electron chi connectivity index (χ3n) is 5.42. The fourth-order valence-corrected chi connectivity index (χ4v) is 3.98. The molecule has 1 heterocycles. The number of fused-ring (bicyclic) bond motifs is 1. The van der Waals surface area contributed by atoms with Gasteiger partial charge < -0.3 is 30.6 Å². The molecule has 4 N–H and O–H groups in total.